The molecule has 0 radical (unpaired) electrons. The minimum Gasteiger partial charge on any atom is -0.481 e. The van der Waals surface area contributed by atoms with Gasteiger partial charge in [-0.25, -0.2) is 4.98 Å². The lowest BCUT2D eigenvalue weighted by Gasteiger charge is -2.17. The highest BCUT2D eigenvalue weighted by molar-refractivity contribution is 6.00. The van der Waals surface area contributed by atoms with E-state index in [0.717, 1.165) is 12.1 Å². The number of halogens is 1. The number of pyridine rings is 1. The first-order valence-corrected chi connectivity index (χ1v) is 8.40. The smallest absolute Gasteiger partial charge is 0.306 e. The third-order valence-electron chi connectivity index (χ3n) is 4.43. The molecule has 0 bridgehead atoms. The fourth-order valence-electron chi connectivity index (χ4n) is 3.01. The third-order valence-corrected chi connectivity index (χ3v) is 4.43. The van der Waals surface area contributed by atoms with Crippen molar-refractivity contribution in [3.05, 3.63) is 58.0 Å². The number of carbonyl (C=O) groups is 2. The molecule has 9 nitrogen and oxygen atoms in total. The first-order chi connectivity index (χ1) is 13.4. The van der Waals surface area contributed by atoms with Crippen LogP contribution in [0.5, 0.6) is 5.88 Å². The number of hydrogen-bond acceptors (Lipinski definition) is 6. The maximum Gasteiger partial charge on any atom is 0.306 e. The average molecular weight is 388 g/mol. The monoisotopic (exact) mass is 388 g/mol. The molecule has 2 amide bonds. The Hall–Kier alpha value is -3.56. The van der Waals surface area contributed by atoms with E-state index in [1.54, 1.807) is 18.3 Å². The molecule has 28 heavy (non-hydrogen) atoms. The third kappa shape index (κ3) is 3.90. The Morgan fingerprint density at radius 1 is 1.46 bits per heavy atom. The van der Waals surface area contributed by atoms with Crippen LogP contribution in [0.3, 0.4) is 0 Å². The van der Waals surface area contributed by atoms with Crippen molar-refractivity contribution in [2.75, 3.05) is 18.6 Å². The standard InChI is InChI=1S/C18H17FN4O5/c1-28-18-11(3-2-6-20-18)9-21-17(25)12-7-16(24)22(10-12)13-4-5-14(19)15(8-13)23(26)27/h2-6,8,12H,7,9-10H2,1H3,(H,21,25)/t12-/m1/s1. The number of ether oxygens (including phenoxy) is 1. The van der Waals surface area contributed by atoms with Gasteiger partial charge in [0.25, 0.3) is 0 Å². The van der Waals surface area contributed by atoms with Gasteiger partial charge in [0, 0.05) is 37.3 Å². The van der Waals surface area contributed by atoms with Gasteiger partial charge in [-0.05, 0) is 18.2 Å². The van der Waals surface area contributed by atoms with Crippen molar-refractivity contribution in [1.82, 2.24) is 10.3 Å². The van der Waals surface area contributed by atoms with Gasteiger partial charge in [0.2, 0.25) is 23.5 Å². The Morgan fingerprint density at radius 3 is 2.96 bits per heavy atom. The van der Waals surface area contributed by atoms with E-state index in [1.807, 2.05) is 0 Å². The van der Waals surface area contributed by atoms with E-state index in [2.05, 4.69) is 10.3 Å². The lowest BCUT2D eigenvalue weighted by atomic mass is 10.1. The molecule has 0 saturated carbocycles. The van der Waals surface area contributed by atoms with E-state index in [4.69, 9.17) is 4.74 Å². The van der Waals surface area contributed by atoms with Crippen molar-refractivity contribution in [3.8, 4) is 5.88 Å². The van der Waals surface area contributed by atoms with Gasteiger partial charge in [0.1, 0.15) is 0 Å². The molecule has 1 atom stereocenters. The van der Waals surface area contributed by atoms with Crippen LogP contribution in [-0.4, -0.2) is 35.4 Å². The number of benzene rings is 1. The van der Waals surface area contributed by atoms with Crippen molar-refractivity contribution in [2.45, 2.75) is 13.0 Å². The second-order valence-corrected chi connectivity index (χ2v) is 6.19. The number of rotatable bonds is 6. The summed E-state index contributed by atoms with van der Waals surface area (Å²) in [5, 5.41) is 13.6. The number of aromatic nitrogens is 1. The highest BCUT2D eigenvalue weighted by Crippen LogP contribution is 2.29. The summed E-state index contributed by atoms with van der Waals surface area (Å²) in [7, 11) is 1.48. The minimum atomic E-state index is -0.986. The molecule has 1 aliphatic rings. The minimum absolute atomic E-state index is 0.0405. The van der Waals surface area contributed by atoms with Gasteiger partial charge in [-0.15, -0.1) is 0 Å². The van der Waals surface area contributed by atoms with E-state index in [9.17, 15) is 24.1 Å². The van der Waals surface area contributed by atoms with Gasteiger partial charge in [0.15, 0.2) is 0 Å². The lowest BCUT2D eigenvalue weighted by Crippen LogP contribution is -2.32. The van der Waals surface area contributed by atoms with Gasteiger partial charge in [-0.2, -0.15) is 4.39 Å². The van der Waals surface area contributed by atoms with Crippen LogP contribution < -0.4 is 15.0 Å². The van der Waals surface area contributed by atoms with Gasteiger partial charge in [-0.3, -0.25) is 19.7 Å². The molecule has 0 spiro atoms. The lowest BCUT2D eigenvalue weighted by molar-refractivity contribution is -0.387. The summed E-state index contributed by atoms with van der Waals surface area (Å²) < 4.78 is 18.6. The number of amides is 2. The number of nitro benzene ring substituents is 1. The summed E-state index contributed by atoms with van der Waals surface area (Å²) >= 11 is 0. The number of nitro groups is 1. The quantitative estimate of drug-likeness (QED) is 0.596. The largest absolute Gasteiger partial charge is 0.481 e. The summed E-state index contributed by atoms with van der Waals surface area (Å²) in [6, 6.07) is 6.68. The van der Waals surface area contributed by atoms with Crippen LogP contribution in [0.1, 0.15) is 12.0 Å². The van der Waals surface area contributed by atoms with Gasteiger partial charge < -0.3 is 15.0 Å². The van der Waals surface area contributed by atoms with Crippen molar-refractivity contribution >= 4 is 23.2 Å². The molecule has 2 heterocycles. The zero-order chi connectivity index (χ0) is 20.3. The topological polar surface area (TPSA) is 115 Å². The second kappa shape index (κ2) is 7.99. The van der Waals surface area contributed by atoms with E-state index in [0.29, 0.717) is 11.4 Å². The molecule has 3 rings (SSSR count). The van der Waals surface area contributed by atoms with Gasteiger partial charge in [-0.1, -0.05) is 6.07 Å². The predicted molar refractivity (Wildman–Crippen MR) is 96.2 cm³/mol. The van der Waals surface area contributed by atoms with Crippen LogP contribution in [0.25, 0.3) is 0 Å². The normalized spacial score (nSPS) is 16.1. The molecule has 0 unspecified atom stereocenters. The molecule has 10 heteroatoms. The van der Waals surface area contributed by atoms with E-state index in [-0.39, 0.29) is 37.0 Å². The fraction of sp³-hybridized carbons (Fsp3) is 0.278. The van der Waals surface area contributed by atoms with Crippen LogP contribution in [0.4, 0.5) is 15.8 Å². The predicted octanol–water partition coefficient (Wildman–Crippen LogP) is 1.81. The number of nitrogens with zero attached hydrogens (tertiary/aromatic N) is 3. The number of carbonyl (C=O) groups excluding carboxylic acids is 2. The summed E-state index contributed by atoms with van der Waals surface area (Å²) in [6.07, 6.45) is 1.53. The number of methoxy groups -OCH3 is 1. The Bertz CT molecular complexity index is 936. The first kappa shape index (κ1) is 19.2. The number of anilines is 1. The van der Waals surface area contributed by atoms with Gasteiger partial charge >= 0.3 is 5.69 Å². The number of hydrogen-bond donors (Lipinski definition) is 1. The van der Waals surface area contributed by atoms with Crippen LogP contribution in [0.2, 0.25) is 0 Å². The molecule has 2 aromatic rings. The summed E-state index contributed by atoms with van der Waals surface area (Å²) in [5.74, 6) is -1.91. The average Bonchev–Trinajstić information content (AvgIpc) is 3.08. The molecule has 1 fully saturated rings. The molecule has 0 aliphatic carbocycles. The first-order valence-electron chi connectivity index (χ1n) is 8.40. The van der Waals surface area contributed by atoms with Crippen molar-refractivity contribution in [1.29, 1.82) is 0 Å². The zero-order valence-corrected chi connectivity index (χ0v) is 14.9. The Balaban J connectivity index is 1.68. The summed E-state index contributed by atoms with van der Waals surface area (Å²) in [4.78, 5) is 40.1. The molecular weight excluding hydrogens is 371 g/mol. The van der Waals surface area contributed by atoms with Crippen molar-refractivity contribution in [3.63, 3.8) is 0 Å². The van der Waals surface area contributed by atoms with Crippen molar-refractivity contribution < 1.29 is 23.6 Å². The molecule has 1 aromatic carbocycles. The van der Waals surface area contributed by atoms with Crippen molar-refractivity contribution in [2.24, 2.45) is 5.92 Å². The highest BCUT2D eigenvalue weighted by atomic mass is 19.1. The SMILES string of the molecule is COc1ncccc1CNC(=O)[C@@H]1CC(=O)N(c2ccc(F)c([N+](=O)[O-])c2)C1. The molecule has 1 saturated heterocycles. The fourth-order valence-corrected chi connectivity index (χ4v) is 3.01. The maximum atomic E-state index is 13.5. The Morgan fingerprint density at radius 2 is 2.25 bits per heavy atom. The van der Waals surface area contributed by atoms with Crippen LogP contribution in [0, 0.1) is 21.8 Å². The van der Waals surface area contributed by atoms with Crippen LogP contribution in [0.15, 0.2) is 36.5 Å². The highest BCUT2D eigenvalue weighted by Gasteiger charge is 2.35. The zero-order valence-electron chi connectivity index (χ0n) is 14.9. The van der Waals surface area contributed by atoms with Crippen LogP contribution in [-0.2, 0) is 16.1 Å². The van der Waals surface area contributed by atoms with E-state index in [1.165, 1.54) is 18.1 Å². The Kier molecular flexibility index (Phi) is 5.48. The molecule has 1 aromatic heterocycles. The Labute approximate surface area is 159 Å². The molecule has 146 valence electrons. The molecule has 1 aliphatic heterocycles. The maximum absolute atomic E-state index is 13.5. The van der Waals surface area contributed by atoms with Crippen LogP contribution >= 0.6 is 0 Å². The summed E-state index contributed by atoms with van der Waals surface area (Å²) in [6.45, 7) is 0.236. The molecule has 1 N–H and O–H groups in total. The number of nitrogens with one attached hydrogen (secondary N) is 1. The summed E-state index contributed by atoms with van der Waals surface area (Å²) in [5.41, 5.74) is 0.151. The molecular formula is C18H17FN4O5. The van der Waals surface area contributed by atoms with Gasteiger partial charge in [0.05, 0.1) is 23.6 Å². The second-order valence-electron chi connectivity index (χ2n) is 6.19. The van der Waals surface area contributed by atoms with E-state index >= 15 is 0 Å². The van der Waals surface area contributed by atoms with E-state index < -0.39 is 22.3 Å².